The monoisotopic (exact) mass is 236 g/mol. The quantitative estimate of drug-likeness (QED) is 0.791. The van der Waals surface area contributed by atoms with Crippen LogP contribution in [0.5, 0.6) is 0 Å². The van der Waals surface area contributed by atoms with Crippen LogP contribution in [0.2, 0.25) is 0 Å². The molecule has 0 unspecified atom stereocenters. The zero-order valence-electron chi connectivity index (χ0n) is 10.5. The van der Waals surface area contributed by atoms with E-state index in [2.05, 4.69) is 10.2 Å². The van der Waals surface area contributed by atoms with E-state index in [-0.39, 0.29) is 5.82 Å². The number of anilines is 1. The molecule has 94 valence electrons. The van der Waals surface area contributed by atoms with Crippen LogP contribution in [0, 0.1) is 12.7 Å². The minimum Gasteiger partial charge on any atom is -0.385 e. The molecule has 0 bridgehead atoms. The van der Waals surface area contributed by atoms with Crippen LogP contribution in [0.4, 0.5) is 10.1 Å². The predicted molar refractivity (Wildman–Crippen MR) is 69.9 cm³/mol. The van der Waals surface area contributed by atoms with Gasteiger partial charge in [0.15, 0.2) is 0 Å². The van der Waals surface area contributed by atoms with Crippen molar-refractivity contribution in [3.8, 4) is 0 Å². The second kappa shape index (κ2) is 6.01. The highest BCUT2D eigenvalue weighted by Crippen LogP contribution is 2.13. The van der Waals surface area contributed by atoms with Gasteiger partial charge in [-0.05, 0) is 63.5 Å². The molecule has 2 nitrogen and oxygen atoms in total. The van der Waals surface area contributed by atoms with Gasteiger partial charge >= 0.3 is 0 Å². The number of aryl methyl sites for hydroxylation is 1. The van der Waals surface area contributed by atoms with Gasteiger partial charge in [-0.1, -0.05) is 6.07 Å². The topological polar surface area (TPSA) is 15.3 Å². The molecule has 17 heavy (non-hydrogen) atoms. The highest BCUT2D eigenvalue weighted by Gasteiger charge is 2.09. The third kappa shape index (κ3) is 3.70. The molecule has 0 spiro atoms. The van der Waals surface area contributed by atoms with Crippen LogP contribution in [-0.2, 0) is 0 Å². The van der Waals surface area contributed by atoms with Crippen LogP contribution >= 0.6 is 0 Å². The van der Waals surface area contributed by atoms with Gasteiger partial charge in [0.2, 0.25) is 0 Å². The zero-order valence-corrected chi connectivity index (χ0v) is 10.5. The van der Waals surface area contributed by atoms with E-state index in [0.717, 1.165) is 25.2 Å². The van der Waals surface area contributed by atoms with Gasteiger partial charge in [-0.3, -0.25) is 0 Å². The van der Waals surface area contributed by atoms with Crippen molar-refractivity contribution >= 4 is 5.69 Å². The Morgan fingerprint density at radius 2 is 2.06 bits per heavy atom. The maximum absolute atomic E-state index is 13.3. The largest absolute Gasteiger partial charge is 0.385 e. The van der Waals surface area contributed by atoms with Crippen LogP contribution in [0.3, 0.4) is 0 Å². The van der Waals surface area contributed by atoms with Gasteiger partial charge in [0.1, 0.15) is 5.82 Å². The summed E-state index contributed by atoms with van der Waals surface area (Å²) in [6, 6.07) is 5.33. The Labute approximate surface area is 103 Å². The first kappa shape index (κ1) is 12.4. The first-order valence-electron chi connectivity index (χ1n) is 6.48. The summed E-state index contributed by atoms with van der Waals surface area (Å²) in [5.74, 6) is -0.130. The molecule has 1 heterocycles. The standard InChI is InChI=1S/C14H21FN2/c1-12-5-6-13(11-14(12)15)16-7-4-10-17-8-2-3-9-17/h5-6,11,16H,2-4,7-10H2,1H3. The van der Waals surface area contributed by atoms with Gasteiger partial charge in [-0.25, -0.2) is 4.39 Å². The van der Waals surface area contributed by atoms with Crippen molar-refractivity contribution in [1.29, 1.82) is 0 Å². The van der Waals surface area contributed by atoms with Gasteiger partial charge in [0.05, 0.1) is 0 Å². The van der Waals surface area contributed by atoms with E-state index in [0.29, 0.717) is 5.56 Å². The number of rotatable bonds is 5. The van der Waals surface area contributed by atoms with Crippen molar-refractivity contribution < 1.29 is 4.39 Å². The molecule has 1 saturated heterocycles. The summed E-state index contributed by atoms with van der Waals surface area (Å²) in [7, 11) is 0. The van der Waals surface area contributed by atoms with Gasteiger partial charge in [0.25, 0.3) is 0 Å². The van der Waals surface area contributed by atoms with Crippen molar-refractivity contribution in [2.24, 2.45) is 0 Å². The van der Waals surface area contributed by atoms with Crippen LogP contribution in [-0.4, -0.2) is 31.1 Å². The molecular weight excluding hydrogens is 215 g/mol. The summed E-state index contributed by atoms with van der Waals surface area (Å²) in [6.45, 7) is 6.35. The molecule has 1 aromatic rings. The molecule has 0 saturated carbocycles. The molecule has 0 amide bonds. The lowest BCUT2D eigenvalue weighted by Crippen LogP contribution is -2.22. The zero-order chi connectivity index (χ0) is 12.1. The fourth-order valence-electron chi connectivity index (χ4n) is 2.24. The summed E-state index contributed by atoms with van der Waals surface area (Å²) < 4.78 is 13.3. The number of nitrogens with one attached hydrogen (secondary N) is 1. The fourth-order valence-corrected chi connectivity index (χ4v) is 2.24. The highest BCUT2D eigenvalue weighted by atomic mass is 19.1. The second-order valence-electron chi connectivity index (χ2n) is 4.79. The summed E-state index contributed by atoms with van der Waals surface area (Å²) in [5.41, 5.74) is 1.59. The number of hydrogen-bond donors (Lipinski definition) is 1. The first-order valence-corrected chi connectivity index (χ1v) is 6.48. The Morgan fingerprint density at radius 1 is 1.29 bits per heavy atom. The van der Waals surface area contributed by atoms with E-state index in [4.69, 9.17) is 0 Å². The molecular formula is C14H21FN2. The first-order chi connectivity index (χ1) is 8.25. The van der Waals surface area contributed by atoms with Crippen molar-refractivity contribution in [2.75, 3.05) is 31.5 Å². The van der Waals surface area contributed by atoms with Gasteiger partial charge in [-0.15, -0.1) is 0 Å². The molecule has 1 aliphatic rings. The number of halogens is 1. The molecule has 1 fully saturated rings. The van der Waals surface area contributed by atoms with E-state index < -0.39 is 0 Å². The van der Waals surface area contributed by atoms with Crippen molar-refractivity contribution in [2.45, 2.75) is 26.2 Å². The Morgan fingerprint density at radius 3 is 2.76 bits per heavy atom. The SMILES string of the molecule is Cc1ccc(NCCCN2CCCC2)cc1F. The van der Waals surface area contributed by atoms with Gasteiger partial charge < -0.3 is 10.2 Å². The Hall–Kier alpha value is -1.09. The Bertz CT molecular complexity index is 359. The van der Waals surface area contributed by atoms with Crippen molar-refractivity contribution in [3.05, 3.63) is 29.6 Å². The van der Waals surface area contributed by atoms with Crippen LogP contribution in [0.1, 0.15) is 24.8 Å². The van der Waals surface area contributed by atoms with Gasteiger partial charge in [-0.2, -0.15) is 0 Å². The van der Waals surface area contributed by atoms with Crippen LogP contribution < -0.4 is 5.32 Å². The fraction of sp³-hybridized carbons (Fsp3) is 0.571. The van der Waals surface area contributed by atoms with Crippen LogP contribution in [0.15, 0.2) is 18.2 Å². The minimum atomic E-state index is -0.130. The molecule has 0 atom stereocenters. The molecule has 0 aromatic heterocycles. The summed E-state index contributed by atoms with van der Waals surface area (Å²) in [6.07, 6.45) is 3.81. The molecule has 1 N–H and O–H groups in total. The van der Waals surface area contributed by atoms with Crippen LogP contribution in [0.25, 0.3) is 0 Å². The average molecular weight is 236 g/mol. The number of benzene rings is 1. The summed E-state index contributed by atoms with van der Waals surface area (Å²) >= 11 is 0. The summed E-state index contributed by atoms with van der Waals surface area (Å²) in [4.78, 5) is 2.50. The molecule has 0 aliphatic carbocycles. The molecule has 1 aromatic carbocycles. The maximum Gasteiger partial charge on any atom is 0.128 e. The third-order valence-electron chi connectivity index (χ3n) is 3.35. The van der Waals surface area contributed by atoms with E-state index >= 15 is 0 Å². The lowest BCUT2D eigenvalue weighted by molar-refractivity contribution is 0.337. The Balaban J connectivity index is 1.68. The number of likely N-dealkylation sites (tertiary alicyclic amines) is 1. The average Bonchev–Trinajstić information content (AvgIpc) is 2.82. The van der Waals surface area contributed by atoms with Crippen molar-refractivity contribution in [1.82, 2.24) is 4.90 Å². The van der Waals surface area contributed by atoms with E-state index in [1.165, 1.54) is 25.9 Å². The highest BCUT2D eigenvalue weighted by molar-refractivity contribution is 5.44. The molecule has 3 heteroatoms. The van der Waals surface area contributed by atoms with E-state index in [9.17, 15) is 4.39 Å². The molecule has 2 rings (SSSR count). The lowest BCUT2D eigenvalue weighted by Gasteiger charge is -2.14. The number of nitrogens with zero attached hydrogens (tertiary/aromatic N) is 1. The normalized spacial score (nSPS) is 16.4. The Kier molecular flexibility index (Phi) is 4.37. The molecule has 1 aliphatic heterocycles. The van der Waals surface area contributed by atoms with E-state index in [1.807, 2.05) is 12.1 Å². The lowest BCUT2D eigenvalue weighted by atomic mass is 10.2. The van der Waals surface area contributed by atoms with E-state index in [1.54, 1.807) is 13.0 Å². The smallest absolute Gasteiger partial charge is 0.128 e. The van der Waals surface area contributed by atoms with Crippen molar-refractivity contribution in [3.63, 3.8) is 0 Å². The summed E-state index contributed by atoms with van der Waals surface area (Å²) in [5, 5.41) is 3.27. The third-order valence-corrected chi connectivity index (χ3v) is 3.35. The molecule has 0 radical (unpaired) electrons. The maximum atomic E-state index is 13.3. The second-order valence-corrected chi connectivity index (χ2v) is 4.79. The van der Waals surface area contributed by atoms with Gasteiger partial charge in [0, 0.05) is 12.2 Å². The predicted octanol–water partition coefficient (Wildman–Crippen LogP) is 3.03. The minimum absolute atomic E-state index is 0.130. The number of hydrogen-bond acceptors (Lipinski definition) is 2.